The normalized spacial score (nSPS) is 41.4. The second-order valence-electron chi connectivity index (χ2n) is 5.53. The van der Waals surface area contributed by atoms with E-state index in [2.05, 4.69) is 59.0 Å². The second kappa shape index (κ2) is 2.33. The van der Waals surface area contributed by atoms with Crippen LogP contribution in [0.25, 0.3) is 10.8 Å². The Labute approximate surface area is 108 Å². The van der Waals surface area contributed by atoms with Gasteiger partial charge in [-0.2, -0.15) is 0 Å². The molecule has 0 amide bonds. The monoisotopic (exact) mass is 318 g/mol. The van der Waals surface area contributed by atoms with Crippen LogP contribution in [0.15, 0.2) is 36.4 Å². The maximum atomic E-state index is 2.73. The second-order valence-corrected chi connectivity index (χ2v) is 7.54. The van der Waals surface area contributed by atoms with E-state index in [1.807, 2.05) is 0 Å². The Morgan fingerprint density at radius 2 is 1.81 bits per heavy atom. The van der Waals surface area contributed by atoms with Crippen LogP contribution in [0, 0.1) is 5.92 Å². The third-order valence-electron chi connectivity index (χ3n) is 4.96. The van der Waals surface area contributed by atoms with E-state index in [1.54, 1.807) is 16.5 Å². The average Bonchev–Trinajstić information content (AvgIpc) is 2.75. The van der Waals surface area contributed by atoms with Crippen molar-refractivity contribution in [2.75, 3.05) is 0 Å². The van der Waals surface area contributed by atoms with Gasteiger partial charge in [0.25, 0.3) is 0 Å². The van der Waals surface area contributed by atoms with Crippen LogP contribution in [0.1, 0.15) is 29.4 Å². The van der Waals surface area contributed by atoms with E-state index >= 15 is 0 Å². The molecular weight excluding hydrogens is 307 g/mol. The maximum Gasteiger partial charge on any atom is 0.0335 e. The fourth-order valence-corrected chi connectivity index (χ4v) is 5.84. The molecule has 0 nitrogen and oxygen atoms in total. The van der Waals surface area contributed by atoms with Crippen molar-refractivity contribution in [3.8, 4) is 0 Å². The number of halogens is 1. The zero-order chi connectivity index (χ0) is 10.5. The highest BCUT2D eigenvalue weighted by molar-refractivity contribution is 14.1. The van der Waals surface area contributed by atoms with Gasteiger partial charge in [-0.05, 0) is 40.2 Å². The summed E-state index contributed by atoms with van der Waals surface area (Å²) in [6.45, 7) is 0. The van der Waals surface area contributed by atoms with E-state index in [0.717, 1.165) is 17.8 Å². The largest absolute Gasteiger partial charge is 0.0778 e. The van der Waals surface area contributed by atoms with Crippen LogP contribution in [0.2, 0.25) is 0 Å². The Hall–Kier alpha value is -0.570. The molecule has 78 valence electrons. The van der Waals surface area contributed by atoms with Gasteiger partial charge in [-0.25, -0.2) is 0 Å². The Bertz CT molecular complexity index is 640. The van der Waals surface area contributed by atoms with Crippen molar-refractivity contribution in [3.05, 3.63) is 47.5 Å². The van der Waals surface area contributed by atoms with Crippen LogP contribution in [-0.4, -0.2) is 3.42 Å². The fraction of sp³-hybridized carbons (Fsp3) is 0.333. The first-order valence-electron chi connectivity index (χ1n) is 6.01. The van der Waals surface area contributed by atoms with Crippen molar-refractivity contribution in [1.82, 2.24) is 0 Å². The first kappa shape index (κ1) is 8.51. The zero-order valence-electron chi connectivity index (χ0n) is 8.78. The van der Waals surface area contributed by atoms with Gasteiger partial charge in [0.2, 0.25) is 0 Å². The predicted molar refractivity (Wildman–Crippen MR) is 74.3 cm³/mol. The van der Waals surface area contributed by atoms with Gasteiger partial charge in [0.15, 0.2) is 0 Å². The molecule has 0 heterocycles. The van der Waals surface area contributed by atoms with Crippen molar-refractivity contribution < 1.29 is 0 Å². The molecule has 4 atom stereocenters. The van der Waals surface area contributed by atoms with Gasteiger partial charge in [-0.1, -0.05) is 59.0 Å². The lowest BCUT2D eigenvalue weighted by molar-refractivity contribution is 0.377. The SMILES string of the molecule is I[C@]12C[C@H]1C1c3cccc4cccc(c34)C12. The number of rotatable bonds is 0. The van der Waals surface area contributed by atoms with E-state index in [-0.39, 0.29) is 0 Å². The van der Waals surface area contributed by atoms with Crippen molar-refractivity contribution >= 4 is 33.4 Å². The summed E-state index contributed by atoms with van der Waals surface area (Å²) in [6.07, 6.45) is 1.45. The van der Waals surface area contributed by atoms with Crippen LogP contribution in [0.4, 0.5) is 0 Å². The average molecular weight is 318 g/mol. The number of alkyl halides is 1. The maximum absolute atomic E-state index is 2.73. The molecule has 2 unspecified atom stereocenters. The lowest BCUT2D eigenvalue weighted by atomic mass is 9.72. The Morgan fingerprint density at radius 3 is 2.62 bits per heavy atom. The number of fused-ring (bicyclic) bond motifs is 6. The van der Waals surface area contributed by atoms with E-state index in [0.29, 0.717) is 3.42 Å². The predicted octanol–water partition coefficient (Wildman–Crippen LogP) is 4.23. The molecule has 0 spiro atoms. The topological polar surface area (TPSA) is 0 Å². The minimum absolute atomic E-state index is 0.635. The van der Waals surface area contributed by atoms with Crippen molar-refractivity contribution in [2.24, 2.45) is 5.92 Å². The summed E-state index contributed by atoms with van der Waals surface area (Å²) in [5.41, 5.74) is 3.29. The highest BCUT2D eigenvalue weighted by Gasteiger charge is 2.74. The molecule has 0 N–H and O–H groups in total. The van der Waals surface area contributed by atoms with Gasteiger partial charge in [-0.3, -0.25) is 0 Å². The van der Waals surface area contributed by atoms with Gasteiger partial charge in [0, 0.05) is 9.34 Å². The molecule has 5 rings (SSSR count). The zero-order valence-corrected chi connectivity index (χ0v) is 10.9. The van der Waals surface area contributed by atoms with Crippen molar-refractivity contribution in [1.29, 1.82) is 0 Å². The number of hydrogen-bond acceptors (Lipinski definition) is 0. The highest BCUT2D eigenvalue weighted by Crippen LogP contribution is 2.81. The van der Waals surface area contributed by atoms with E-state index < -0.39 is 0 Å². The van der Waals surface area contributed by atoms with Gasteiger partial charge in [0.05, 0.1) is 0 Å². The van der Waals surface area contributed by atoms with Crippen molar-refractivity contribution in [3.63, 3.8) is 0 Å². The summed E-state index contributed by atoms with van der Waals surface area (Å²) in [6, 6.07) is 13.7. The lowest BCUT2D eigenvalue weighted by Crippen LogP contribution is -2.32. The summed E-state index contributed by atoms with van der Waals surface area (Å²) < 4.78 is 0.635. The summed E-state index contributed by atoms with van der Waals surface area (Å²) >= 11 is 2.73. The molecule has 16 heavy (non-hydrogen) atoms. The first-order chi connectivity index (χ1) is 7.81. The fourth-order valence-electron chi connectivity index (χ4n) is 4.26. The molecule has 2 aromatic carbocycles. The summed E-state index contributed by atoms with van der Waals surface area (Å²) in [7, 11) is 0. The quantitative estimate of drug-likeness (QED) is 0.504. The Morgan fingerprint density at radius 1 is 1.06 bits per heavy atom. The molecule has 2 aromatic rings. The lowest BCUT2D eigenvalue weighted by Gasteiger charge is -2.37. The molecule has 1 heteroatoms. The van der Waals surface area contributed by atoms with Crippen LogP contribution < -0.4 is 0 Å². The third kappa shape index (κ3) is 0.700. The molecular formula is C15H11I. The Kier molecular flexibility index (Phi) is 1.24. The standard InChI is InChI=1S/C15H11I/c16-15-7-11(15)13-9-5-1-3-8-4-2-6-10(12(8)9)14(13)15/h1-6,11,13-14H,7H2/t11-,13?,14?,15+/m0/s1. The molecule has 0 aromatic heterocycles. The first-order valence-corrected chi connectivity index (χ1v) is 7.09. The minimum atomic E-state index is 0.635. The van der Waals surface area contributed by atoms with Gasteiger partial charge >= 0.3 is 0 Å². The Balaban J connectivity index is 1.94. The van der Waals surface area contributed by atoms with E-state index in [1.165, 1.54) is 11.8 Å². The van der Waals surface area contributed by atoms with Crippen LogP contribution in [0.5, 0.6) is 0 Å². The molecule has 0 saturated heterocycles. The van der Waals surface area contributed by atoms with Crippen LogP contribution >= 0.6 is 22.6 Å². The summed E-state index contributed by atoms with van der Waals surface area (Å²) in [5.74, 6) is 2.67. The third-order valence-corrected chi connectivity index (χ3v) is 6.87. The van der Waals surface area contributed by atoms with Gasteiger partial charge < -0.3 is 0 Å². The van der Waals surface area contributed by atoms with E-state index in [4.69, 9.17) is 0 Å². The minimum Gasteiger partial charge on any atom is -0.0778 e. The molecule has 3 aliphatic carbocycles. The van der Waals surface area contributed by atoms with Crippen LogP contribution in [0.3, 0.4) is 0 Å². The highest BCUT2D eigenvalue weighted by atomic mass is 127. The molecule has 0 radical (unpaired) electrons. The summed E-state index contributed by atoms with van der Waals surface area (Å²) in [5, 5.41) is 3.03. The summed E-state index contributed by atoms with van der Waals surface area (Å²) in [4.78, 5) is 0. The molecule has 0 aliphatic heterocycles. The molecule has 2 saturated carbocycles. The molecule has 2 fully saturated rings. The van der Waals surface area contributed by atoms with Gasteiger partial charge in [0.1, 0.15) is 0 Å². The van der Waals surface area contributed by atoms with Crippen molar-refractivity contribution in [2.45, 2.75) is 21.7 Å². The van der Waals surface area contributed by atoms with E-state index in [9.17, 15) is 0 Å². The number of benzene rings is 2. The van der Waals surface area contributed by atoms with Gasteiger partial charge in [-0.15, -0.1) is 0 Å². The number of hydrogen-bond donors (Lipinski definition) is 0. The molecule has 0 bridgehead atoms. The molecule has 3 aliphatic rings. The smallest absolute Gasteiger partial charge is 0.0335 e. The van der Waals surface area contributed by atoms with Crippen LogP contribution in [-0.2, 0) is 0 Å².